The van der Waals surface area contributed by atoms with E-state index in [2.05, 4.69) is 10.5 Å². The van der Waals surface area contributed by atoms with Gasteiger partial charge < -0.3 is 9.84 Å². The first kappa shape index (κ1) is 10.1. The van der Waals surface area contributed by atoms with Gasteiger partial charge in [0.05, 0.1) is 0 Å². The summed E-state index contributed by atoms with van der Waals surface area (Å²) >= 11 is 5.35. The van der Waals surface area contributed by atoms with Crippen molar-refractivity contribution in [1.29, 1.82) is 0 Å². The standard InChI is InChI=1S/C8H11ClN2O2/c1-3-6-8(5(2)11-13-6)10-7(12)4-9/h3-4H2,1-2H3,(H,10,12). The summed E-state index contributed by atoms with van der Waals surface area (Å²) in [5.74, 6) is 0.368. The van der Waals surface area contributed by atoms with Crippen molar-refractivity contribution in [3.05, 3.63) is 11.5 Å². The molecular formula is C8H11ClN2O2. The molecule has 13 heavy (non-hydrogen) atoms. The Morgan fingerprint density at radius 2 is 2.38 bits per heavy atom. The van der Waals surface area contributed by atoms with Gasteiger partial charge in [0.1, 0.15) is 17.3 Å². The molecule has 0 spiro atoms. The molecule has 72 valence electrons. The first-order valence-corrected chi connectivity index (χ1v) is 4.53. The van der Waals surface area contributed by atoms with E-state index in [-0.39, 0.29) is 11.8 Å². The Balaban J connectivity index is 2.85. The molecule has 0 fully saturated rings. The lowest BCUT2D eigenvalue weighted by atomic mass is 10.2. The van der Waals surface area contributed by atoms with E-state index in [9.17, 15) is 4.79 Å². The van der Waals surface area contributed by atoms with E-state index < -0.39 is 0 Å². The molecule has 1 aromatic rings. The van der Waals surface area contributed by atoms with Gasteiger partial charge in [-0.3, -0.25) is 4.79 Å². The molecule has 0 bridgehead atoms. The fourth-order valence-corrected chi connectivity index (χ4v) is 1.06. The molecule has 0 aromatic carbocycles. The van der Waals surface area contributed by atoms with Crippen LogP contribution in [0.4, 0.5) is 5.69 Å². The summed E-state index contributed by atoms with van der Waals surface area (Å²) < 4.78 is 4.98. The monoisotopic (exact) mass is 202 g/mol. The van der Waals surface area contributed by atoms with Crippen molar-refractivity contribution in [2.45, 2.75) is 20.3 Å². The largest absolute Gasteiger partial charge is 0.359 e. The number of anilines is 1. The van der Waals surface area contributed by atoms with Gasteiger partial charge in [0.2, 0.25) is 5.91 Å². The third kappa shape index (κ3) is 2.21. The number of nitrogens with zero attached hydrogens (tertiary/aromatic N) is 1. The Kier molecular flexibility index (Phi) is 3.31. The minimum absolute atomic E-state index is 0.0617. The molecule has 1 rings (SSSR count). The van der Waals surface area contributed by atoms with E-state index in [0.717, 1.165) is 0 Å². The molecule has 1 heterocycles. The normalized spacial score (nSPS) is 10.1. The molecule has 1 aromatic heterocycles. The Hall–Kier alpha value is -1.03. The Labute approximate surface area is 81.2 Å². The fourth-order valence-electron chi connectivity index (χ4n) is 0.991. The topological polar surface area (TPSA) is 55.1 Å². The highest BCUT2D eigenvalue weighted by Gasteiger charge is 2.12. The smallest absolute Gasteiger partial charge is 0.239 e. The first-order chi connectivity index (χ1) is 6.19. The van der Waals surface area contributed by atoms with Crippen LogP contribution in [0.15, 0.2) is 4.52 Å². The van der Waals surface area contributed by atoms with E-state index in [1.807, 2.05) is 6.92 Å². The lowest BCUT2D eigenvalue weighted by molar-refractivity contribution is -0.113. The van der Waals surface area contributed by atoms with Gasteiger partial charge in [-0.15, -0.1) is 11.6 Å². The molecule has 0 atom stereocenters. The van der Waals surface area contributed by atoms with Crippen LogP contribution in [-0.4, -0.2) is 16.9 Å². The van der Waals surface area contributed by atoms with Crippen molar-refractivity contribution in [2.75, 3.05) is 11.2 Å². The van der Waals surface area contributed by atoms with Gasteiger partial charge in [-0.2, -0.15) is 0 Å². The predicted molar refractivity (Wildman–Crippen MR) is 50.0 cm³/mol. The number of carbonyl (C=O) groups is 1. The summed E-state index contributed by atoms with van der Waals surface area (Å²) in [5, 5.41) is 6.37. The summed E-state index contributed by atoms with van der Waals surface area (Å²) in [5.41, 5.74) is 1.32. The SMILES string of the molecule is CCc1onc(C)c1NC(=O)CCl. The summed E-state index contributed by atoms with van der Waals surface area (Å²) in [6.45, 7) is 3.70. The zero-order chi connectivity index (χ0) is 9.84. The number of nitrogens with one attached hydrogen (secondary N) is 1. The van der Waals surface area contributed by atoms with Crippen LogP contribution in [0.25, 0.3) is 0 Å². The van der Waals surface area contributed by atoms with E-state index in [1.54, 1.807) is 6.92 Å². The van der Waals surface area contributed by atoms with E-state index in [4.69, 9.17) is 16.1 Å². The number of aromatic nitrogens is 1. The number of amides is 1. The van der Waals surface area contributed by atoms with Crippen molar-refractivity contribution < 1.29 is 9.32 Å². The highest BCUT2D eigenvalue weighted by Crippen LogP contribution is 2.20. The second-order valence-corrected chi connectivity index (χ2v) is 2.87. The number of aryl methyl sites for hydroxylation is 2. The fraction of sp³-hybridized carbons (Fsp3) is 0.500. The zero-order valence-electron chi connectivity index (χ0n) is 7.56. The average Bonchev–Trinajstić information content (AvgIpc) is 2.48. The summed E-state index contributed by atoms with van der Waals surface area (Å²) in [7, 11) is 0. The molecular weight excluding hydrogens is 192 g/mol. The van der Waals surface area contributed by atoms with Gasteiger partial charge in [0, 0.05) is 6.42 Å². The van der Waals surface area contributed by atoms with Gasteiger partial charge in [0.25, 0.3) is 0 Å². The number of alkyl halides is 1. The third-order valence-corrected chi connectivity index (χ3v) is 1.88. The maximum atomic E-state index is 11.0. The van der Waals surface area contributed by atoms with Crippen LogP contribution in [-0.2, 0) is 11.2 Å². The van der Waals surface area contributed by atoms with Gasteiger partial charge in [-0.05, 0) is 6.92 Å². The molecule has 0 aliphatic heterocycles. The van der Waals surface area contributed by atoms with E-state index >= 15 is 0 Å². The van der Waals surface area contributed by atoms with Gasteiger partial charge in [0.15, 0.2) is 5.76 Å². The van der Waals surface area contributed by atoms with E-state index in [0.29, 0.717) is 23.6 Å². The van der Waals surface area contributed by atoms with Crippen molar-refractivity contribution in [2.24, 2.45) is 0 Å². The highest BCUT2D eigenvalue weighted by molar-refractivity contribution is 6.29. The average molecular weight is 203 g/mol. The van der Waals surface area contributed by atoms with Gasteiger partial charge in [-0.1, -0.05) is 12.1 Å². The minimum atomic E-state index is -0.248. The summed E-state index contributed by atoms with van der Waals surface area (Å²) in [6, 6.07) is 0. The van der Waals surface area contributed by atoms with E-state index in [1.165, 1.54) is 0 Å². The van der Waals surface area contributed by atoms with Crippen molar-refractivity contribution in [3.63, 3.8) is 0 Å². The van der Waals surface area contributed by atoms with Crippen LogP contribution in [0.5, 0.6) is 0 Å². The zero-order valence-corrected chi connectivity index (χ0v) is 8.31. The summed E-state index contributed by atoms with van der Waals surface area (Å²) in [4.78, 5) is 11.0. The van der Waals surface area contributed by atoms with Crippen LogP contribution < -0.4 is 5.32 Å². The Bertz CT molecular complexity index is 309. The maximum Gasteiger partial charge on any atom is 0.239 e. The number of carbonyl (C=O) groups excluding carboxylic acids is 1. The molecule has 0 saturated heterocycles. The minimum Gasteiger partial charge on any atom is -0.359 e. The molecule has 0 unspecified atom stereocenters. The molecule has 1 N–H and O–H groups in total. The lowest BCUT2D eigenvalue weighted by Gasteiger charge is -2.00. The highest BCUT2D eigenvalue weighted by atomic mass is 35.5. The van der Waals surface area contributed by atoms with Gasteiger partial charge >= 0.3 is 0 Å². The molecule has 0 radical (unpaired) electrons. The number of rotatable bonds is 3. The Morgan fingerprint density at radius 3 is 2.92 bits per heavy atom. The molecule has 0 aliphatic rings. The van der Waals surface area contributed by atoms with Crippen molar-refractivity contribution in [1.82, 2.24) is 5.16 Å². The molecule has 1 amide bonds. The third-order valence-electron chi connectivity index (χ3n) is 1.64. The van der Waals surface area contributed by atoms with Gasteiger partial charge in [-0.25, -0.2) is 0 Å². The van der Waals surface area contributed by atoms with Crippen LogP contribution >= 0.6 is 11.6 Å². The quantitative estimate of drug-likeness (QED) is 0.760. The number of hydrogen-bond donors (Lipinski definition) is 1. The van der Waals surface area contributed by atoms with Crippen LogP contribution in [0.3, 0.4) is 0 Å². The molecule has 4 nitrogen and oxygen atoms in total. The second-order valence-electron chi connectivity index (χ2n) is 2.60. The number of hydrogen-bond acceptors (Lipinski definition) is 3. The van der Waals surface area contributed by atoms with Crippen molar-refractivity contribution in [3.8, 4) is 0 Å². The molecule has 0 aliphatic carbocycles. The van der Waals surface area contributed by atoms with Crippen LogP contribution in [0.2, 0.25) is 0 Å². The number of halogens is 1. The Morgan fingerprint density at radius 1 is 1.69 bits per heavy atom. The lowest BCUT2D eigenvalue weighted by Crippen LogP contribution is -2.13. The summed E-state index contributed by atoms with van der Waals surface area (Å²) in [6.07, 6.45) is 0.693. The molecule has 5 heteroatoms. The first-order valence-electron chi connectivity index (χ1n) is 4.00. The predicted octanol–water partition coefficient (Wildman–Crippen LogP) is 1.72. The van der Waals surface area contributed by atoms with Crippen LogP contribution in [0, 0.1) is 6.92 Å². The van der Waals surface area contributed by atoms with Crippen molar-refractivity contribution >= 4 is 23.2 Å². The maximum absolute atomic E-state index is 11.0. The van der Waals surface area contributed by atoms with Crippen LogP contribution in [0.1, 0.15) is 18.4 Å². The second kappa shape index (κ2) is 4.28. The molecule has 0 saturated carbocycles.